The van der Waals surface area contributed by atoms with E-state index in [1.165, 1.54) is 58.3 Å². The van der Waals surface area contributed by atoms with Crippen LogP contribution in [0.25, 0.3) is 11.1 Å². The van der Waals surface area contributed by atoms with Crippen molar-refractivity contribution in [2.75, 3.05) is 24.7 Å². The third-order valence-electron chi connectivity index (χ3n) is 6.75. The molecule has 0 aromatic heterocycles. The molecule has 1 unspecified atom stereocenters. The van der Waals surface area contributed by atoms with Gasteiger partial charge in [-0.3, -0.25) is 0 Å². The summed E-state index contributed by atoms with van der Waals surface area (Å²) in [4.78, 5) is 0. The maximum Gasteiger partial charge on any atom is 0.0337 e. The molecule has 2 aliphatic rings. The number of benzene rings is 3. The summed E-state index contributed by atoms with van der Waals surface area (Å²) in [6.07, 6.45) is 5.00. The van der Waals surface area contributed by atoms with Gasteiger partial charge in [0.1, 0.15) is 0 Å². The van der Waals surface area contributed by atoms with Crippen LogP contribution in [0.2, 0.25) is 0 Å². The van der Waals surface area contributed by atoms with Gasteiger partial charge in [-0.2, -0.15) is 0 Å². The van der Waals surface area contributed by atoms with Crippen molar-refractivity contribution >= 4 is 22.5 Å². The lowest BCUT2D eigenvalue weighted by molar-refractivity contribution is 0.814. The van der Waals surface area contributed by atoms with Gasteiger partial charge < -0.3 is 10.6 Å². The Balaban J connectivity index is 1.58. The molecule has 0 bridgehead atoms. The lowest BCUT2D eigenvalue weighted by Gasteiger charge is -2.18. The zero-order valence-corrected chi connectivity index (χ0v) is 17.9. The molecule has 1 fully saturated rings. The topological polar surface area (TPSA) is 24.1 Å². The lowest BCUT2D eigenvalue weighted by atomic mass is 9.86. The smallest absolute Gasteiger partial charge is 0.0337 e. The predicted molar refractivity (Wildman–Crippen MR) is 129 cm³/mol. The van der Waals surface area contributed by atoms with Crippen molar-refractivity contribution in [3.8, 4) is 0 Å². The number of hydrogen-bond acceptors (Lipinski definition) is 2. The van der Waals surface area contributed by atoms with E-state index in [-0.39, 0.29) is 0 Å². The molecule has 30 heavy (non-hydrogen) atoms. The van der Waals surface area contributed by atoms with E-state index in [9.17, 15) is 0 Å². The van der Waals surface area contributed by atoms with Gasteiger partial charge in [0, 0.05) is 31.4 Å². The van der Waals surface area contributed by atoms with Gasteiger partial charge in [-0.25, -0.2) is 0 Å². The van der Waals surface area contributed by atoms with Crippen LogP contribution in [0, 0.1) is 0 Å². The molecule has 2 N–H and O–H groups in total. The highest BCUT2D eigenvalue weighted by Crippen LogP contribution is 2.49. The number of nitrogens with one attached hydrogen (secondary N) is 2. The third-order valence-corrected chi connectivity index (χ3v) is 6.75. The van der Waals surface area contributed by atoms with Gasteiger partial charge in [-0.15, -0.1) is 0 Å². The first-order valence-corrected chi connectivity index (χ1v) is 11.2. The molecular weight excluding hydrogens is 364 g/mol. The second kappa shape index (κ2) is 8.02. The third kappa shape index (κ3) is 3.63. The van der Waals surface area contributed by atoms with Crippen molar-refractivity contribution in [3.63, 3.8) is 0 Å². The van der Waals surface area contributed by atoms with Crippen LogP contribution in [-0.4, -0.2) is 14.1 Å². The molecule has 1 saturated carbocycles. The normalized spacial score (nSPS) is 18.5. The van der Waals surface area contributed by atoms with E-state index in [4.69, 9.17) is 0 Å². The van der Waals surface area contributed by atoms with Gasteiger partial charge in [-0.1, -0.05) is 48.5 Å². The Hall–Kier alpha value is -3.00. The van der Waals surface area contributed by atoms with Crippen molar-refractivity contribution in [1.82, 2.24) is 0 Å². The van der Waals surface area contributed by atoms with Gasteiger partial charge in [0.2, 0.25) is 0 Å². The zero-order valence-electron chi connectivity index (χ0n) is 17.9. The summed E-state index contributed by atoms with van der Waals surface area (Å²) in [6.45, 7) is 0. The number of allylic oxidation sites excluding steroid dienone is 2. The van der Waals surface area contributed by atoms with E-state index in [1.807, 2.05) is 14.1 Å². The quantitative estimate of drug-likeness (QED) is 0.464. The summed E-state index contributed by atoms with van der Waals surface area (Å²) in [5, 5.41) is 6.47. The lowest BCUT2D eigenvalue weighted by Crippen LogP contribution is -1.99. The SMILES string of the molecule is CNc1ccc(C2=C(c3ccc(C4CC4)cc3)C(c3ccc(NC)cc3)CC2)cc1. The number of hydrogen-bond donors (Lipinski definition) is 2. The maximum absolute atomic E-state index is 3.24. The van der Waals surface area contributed by atoms with E-state index >= 15 is 0 Å². The van der Waals surface area contributed by atoms with E-state index in [0.29, 0.717) is 5.92 Å². The summed E-state index contributed by atoms with van der Waals surface area (Å²) in [5.74, 6) is 1.25. The second-order valence-corrected chi connectivity index (χ2v) is 8.58. The van der Waals surface area contributed by atoms with Crippen LogP contribution in [0.3, 0.4) is 0 Å². The molecule has 152 valence electrons. The Bertz CT molecular complexity index is 1040. The molecule has 2 nitrogen and oxygen atoms in total. The van der Waals surface area contributed by atoms with Crippen LogP contribution in [0.15, 0.2) is 72.8 Å². The average molecular weight is 395 g/mol. The Labute approximate surface area is 180 Å². The minimum Gasteiger partial charge on any atom is -0.388 e. The summed E-state index contributed by atoms with van der Waals surface area (Å²) in [6, 6.07) is 27.4. The van der Waals surface area contributed by atoms with Crippen molar-refractivity contribution in [2.45, 2.75) is 37.5 Å². The molecule has 1 atom stereocenters. The van der Waals surface area contributed by atoms with E-state index in [0.717, 1.165) is 18.0 Å². The van der Waals surface area contributed by atoms with Crippen LogP contribution < -0.4 is 10.6 Å². The molecule has 0 spiro atoms. The second-order valence-electron chi connectivity index (χ2n) is 8.58. The summed E-state index contributed by atoms with van der Waals surface area (Å²) in [7, 11) is 3.95. The summed E-state index contributed by atoms with van der Waals surface area (Å²) >= 11 is 0. The summed E-state index contributed by atoms with van der Waals surface area (Å²) < 4.78 is 0. The van der Waals surface area contributed by atoms with Crippen molar-refractivity contribution < 1.29 is 0 Å². The molecule has 3 aromatic rings. The van der Waals surface area contributed by atoms with E-state index < -0.39 is 0 Å². The minimum atomic E-state index is 0.446. The zero-order chi connectivity index (χ0) is 20.5. The number of rotatable bonds is 6. The molecule has 2 heteroatoms. The molecule has 0 heterocycles. The monoisotopic (exact) mass is 394 g/mol. The van der Waals surface area contributed by atoms with Crippen LogP contribution in [0.4, 0.5) is 11.4 Å². The van der Waals surface area contributed by atoms with E-state index in [1.54, 1.807) is 0 Å². The van der Waals surface area contributed by atoms with Crippen molar-refractivity contribution in [1.29, 1.82) is 0 Å². The van der Waals surface area contributed by atoms with Gasteiger partial charge in [0.05, 0.1) is 0 Å². The highest BCUT2D eigenvalue weighted by Gasteiger charge is 2.29. The first-order valence-electron chi connectivity index (χ1n) is 11.2. The highest BCUT2D eigenvalue weighted by atomic mass is 14.8. The Morgan fingerprint density at radius 1 is 0.600 bits per heavy atom. The fourth-order valence-corrected chi connectivity index (χ4v) is 4.86. The average Bonchev–Trinajstić information content (AvgIpc) is 3.58. The fourth-order valence-electron chi connectivity index (χ4n) is 4.86. The molecule has 0 aliphatic heterocycles. The molecular formula is C28H30N2. The van der Waals surface area contributed by atoms with Gasteiger partial charge in [0.25, 0.3) is 0 Å². The standard InChI is InChI=1S/C28H30N2/c1-29-24-13-9-21(10-14-24)26-17-18-27(22-11-15-25(30-2)16-12-22)28(26)23-7-5-20(6-8-23)19-3-4-19/h5-16,19,26,29-30H,3-4,17-18H2,1-2H3. The fraction of sp³-hybridized carbons (Fsp3) is 0.286. The van der Waals surface area contributed by atoms with Crippen LogP contribution >= 0.6 is 0 Å². The van der Waals surface area contributed by atoms with Gasteiger partial charge >= 0.3 is 0 Å². The maximum atomic E-state index is 3.24. The van der Waals surface area contributed by atoms with Crippen LogP contribution in [0.1, 0.15) is 59.8 Å². The first kappa shape index (κ1) is 19.0. The van der Waals surface area contributed by atoms with Crippen molar-refractivity contribution in [2.24, 2.45) is 0 Å². The Kier molecular flexibility index (Phi) is 5.08. The largest absolute Gasteiger partial charge is 0.388 e. The van der Waals surface area contributed by atoms with Gasteiger partial charge in [-0.05, 0) is 89.3 Å². The van der Waals surface area contributed by atoms with Crippen LogP contribution in [-0.2, 0) is 0 Å². The van der Waals surface area contributed by atoms with E-state index in [2.05, 4.69) is 83.4 Å². The van der Waals surface area contributed by atoms with Crippen molar-refractivity contribution in [3.05, 3.63) is 95.1 Å². The molecule has 5 rings (SSSR count). The Morgan fingerprint density at radius 2 is 1.13 bits per heavy atom. The minimum absolute atomic E-state index is 0.446. The molecule has 0 amide bonds. The molecule has 0 saturated heterocycles. The molecule has 2 aliphatic carbocycles. The molecule has 0 radical (unpaired) electrons. The molecule has 3 aromatic carbocycles. The van der Waals surface area contributed by atoms with Crippen LogP contribution in [0.5, 0.6) is 0 Å². The highest BCUT2D eigenvalue weighted by molar-refractivity contribution is 5.96. The summed E-state index contributed by atoms with van der Waals surface area (Å²) in [5.41, 5.74) is 11.0. The Morgan fingerprint density at radius 3 is 1.70 bits per heavy atom. The first-order chi connectivity index (χ1) is 14.8. The van der Waals surface area contributed by atoms with Gasteiger partial charge in [0.15, 0.2) is 0 Å². The number of anilines is 2. The predicted octanol–water partition coefficient (Wildman–Crippen LogP) is 7.14.